The molecule has 0 amide bonds. The molecule has 0 N–H and O–H groups in total. The Kier molecular flexibility index (Phi) is 5.33. The highest BCUT2D eigenvalue weighted by atomic mass is 16.1. The summed E-state index contributed by atoms with van der Waals surface area (Å²) >= 11 is 0. The molecule has 2 fully saturated rings. The van der Waals surface area contributed by atoms with Crippen LogP contribution < -0.4 is 0 Å². The van der Waals surface area contributed by atoms with Crippen molar-refractivity contribution < 1.29 is 4.79 Å². The Morgan fingerprint density at radius 1 is 1.24 bits per heavy atom. The summed E-state index contributed by atoms with van der Waals surface area (Å²) in [4.78, 5) is 12.2. The zero-order valence-electron chi connectivity index (χ0n) is 17.0. The summed E-state index contributed by atoms with van der Waals surface area (Å²) in [5.41, 5.74) is 3.74. The Labute approximate surface area is 155 Å². The van der Waals surface area contributed by atoms with E-state index >= 15 is 0 Å². The summed E-state index contributed by atoms with van der Waals surface area (Å²) in [5.74, 6) is 2.79. The van der Waals surface area contributed by atoms with Crippen LogP contribution in [0, 0.1) is 28.6 Å². The third-order valence-electron chi connectivity index (χ3n) is 8.26. The molecule has 0 aliphatic heterocycles. The van der Waals surface area contributed by atoms with E-state index in [1.165, 1.54) is 49.7 Å². The Morgan fingerprint density at radius 2 is 2.00 bits per heavy atom. The van der Waals surface area contributed by atoms with Crippen LogP contribution in [0.3, 0.4) is 0 Å². The maximum atomic E-state index is 12.2. The predicted octanol–water partition coefficient (Wildman–Crippen LogP) is 6.88. The third-order valence-corrected chi connectivity index (χ3v) is 8.26. The zero-order chi connectivity index (χ0) is 18.2. The minimum Gasteiger partial charge on any atom is -0.299 e. The first-order valence-electron chi connectivity index (χ1n) is 10.7. The van der Waals surface area contributed by atoms with Gasteiger partial charge in [-0.3, -0.25) is 4.79 Å². The highest BCUT2D eigenvalue weighted by Crippen LogP contribution is 2.67. The lowest BCUT2D eigenvalue weighted by Crippen LogP contribution is -2.49. The van der Waals surface area contributed by atoms with Crippen molar-refractivity contribution in [3.63, 3.8) is 0 Å². The van der Waals surface area contributed by atoms with Gasteiger partial charge in [0.15, 0.2) is 0 Å². The molecule has 1 nitrogen and oxygen atoms in total. The number of hydrogen-bond acceptors (Lipinski definition) is 1. The highest BCUT2D eigenvalue weighted by molar-refractivity contribution is 5.80. The lowest BCUT2D eigenvalue weighted by Gasteiger charge is -2.57. The minimum absolute atomic E-state index is 0.438. The van der Waals surface area contributed by atoms with Crippen molar-refractivity contribution in [1.29, 1.82) is 0 Å². The van der Waals surface area contributed by atoms with E-state index in [-0.39, 0.29) is 0 Å². The Morgan fingerprint density at radius 3 is 2.68 bits per heavy atom. The molecule has 0 aromatic carbocycles. The van der Waals surface area contributed by atoms with E-state index in [0.29, 0.717) is 16.6 Å². The number of fused-ring (bicyclic) bond motifs is 3. The molecule has 3 aliphatic rings. The Balaban J connectivity index is 1.74. The first kappa shape index (κ1) is 18.9. The van der Waals surface area contributed by atoms with Crippen molar-refractivity contribution in [2.75, 3.05) is 0 Å². The third kappa shape index (κ3) is 3.28. The fourth-order valence-corrected chi connectivity index (χ4v) is 6.84. The topological polar surface area (TPSA) is 17.1 Å². The van der Waals surface area contributed by atoms with Crippen molar-refractivity contribution in [2.45, 2.75) is 91.9 Å². The van der Waals surface area contributed by atoms with Crippen LogP contribution in [-0.4, -0.2) is 5.78 Å². The molecule has 2 saturated carbocycles. The van der Waals surface area contributed by atoms with Gasteiger partial charge in [0.05, 0.1) is 0 Å². The Hall–Kier alpha value is -0.850. The van der Waals surface area contributed by atoms with Crippen LogP contribution >= 0.6 is 0 Å². The lowest BCUT2D eigenvalue weighted by atomic mass is 9.48. The fourth-order valence-electron chi connectivity index (χ4n) is 6.84. The van der Waals surface area contributed by atoms with E-state index in [0.717, 1.165) is 43.4 Å². The van der Waals surface area contributed by atoms with Crippen molar-refractivity contribution in [2.24, 2.45) is 28.6 Å². The van der Waals surface area contributed by atoms with Gasteiger partial charge in [-0.15, -0.1) is 0 Å². The average molecular weight is 343 g/mol. The van der Waals surface area contributed by atoms with Crippen LogP contribution in [0.1, 0.15) is 91.9 Å². The van der Waals surface area contributed by atoms with E-state index in [4.69, 9.17) is 0 Å². The van der Waals surface area contributed by atoms with E-state index in [2.05, 4.69) is 40.3 Å². The average Bonchev–Trinajstić information content (AvgIpc) is 2.92. The fraction of sp³-hybridized carbons (Fsp3) is 0.792. The molecule has 0 aromatic rings. The number of carbonyl (C=O) groups excluding carboxylic acids is 1. The molecule has 0 heterocycles. The van der Waals surface area contributed by atoms with Crippen LogP contribution in [0.15, 0.2) is 23.8 Å². The van der Waals surface area contributed by atoms with Crippen LogP contribution in [0.4, 0.5) is 0 Å². The monoisotopic (exact) mass is 342 g/mol. The van der Waals surface area contributed by atoms with Crippen molar-refractivity contribution >= 4 is 5.78 Å². The molecule has 0 unspecified atom stereocenters. The molecule has 1 heteroatoms. The number of allylic oxidation sites excluding steroid dienone is 3. The first-order chi connectivity index (χ1) is 11.8. The Bertz CT molecular complexity index is 571. The van der Waals surface area contributed by atoms with Gasteiger partial charge in [-0.05, 0) is 80.5 Å². The second-order valence-corrected chi connectivity index (χ2v) is 9.87. The van der Waals surface area contributed by atoms with E-state index in [9.17, 15) is 4.79 Å². The molecule has 0 aromatic heterocycles. The number of carbonyl (C=O) groups is 1. The summed E-state index contributed by atoms with van der Waals surface area (Å²) in [6, 6.07) is 0. The van der Waals surface area contributed by atoms with Crippen LogP contribution in [-0.2, 0) is 4.79 Å². The van der Waals surface area contributed by atoms with Gasteiger partial charge in [0.1, 0.15) is 5.78 Å². The number of Topliss-reactive ketones (excluding diaryl/α,β-unsaturated/α-hetero) is 1. The summed E-state index contributed by atoms with van der Waals surface area (Å²) < 4.78 is 0. The van der Waals surface area contributed by atoms with Gasteiger partial charge in [-0.1, -0.05) is 51.0 Å². The zero-order valence-corrected chi connectivity index (χ0v) is 17.0. The molecular formula is C24H38O. The molecule has 0 radical (unpaired) electrons. The van der Waals surface area contributed by atoms with Crippen LogP contribution in [0.25, 0.3) is 0 Å². The maximum absolute atomic E-state index is 12.2. The van der Waals surface area contributed by atoms with Crippen LogP contribution in [0.2, 0.25) is 0 Å². The summed E-state index contributed by atoms with van der Waals surface area (Å²) in [7, 11) is 0. The van der Waals surface area contributed by atoms with Gasteiger partial charge >= 0.3 is 0 Å². The van der Waals surface area contributed by atoms with Gasteiger partial charge in [-0.2, -0.15) is 0 Å². The largest absolute Gasteiger partial charge is 0.299 e. The molecule has 25 heavy (non-hydrogen) atoms. The van der Waals surface area contributed by atoms with Crippen molar-refractivity contribution in [3.8, 4) is 0 Å². The molecule has 0 bridgehead atoms. The van der Waals surface area contributed by atoms with E-state index < -0.39 is 0 Å². The predicted molar refractivity (Wildman–Crippen MR) is 106 cm³/mol. The van der Waals surface area contributed by atoms with Gasteiger partial charge in [-0.25, -0.2) is 0 Å². The minimum atomic E-state index is 0.438. The van der Waals surface area contributed by atoms with Crippen molar-refractivity contribution in [1.82, 2.24) is 0 Å². The van der Waals surface area contributed by atoms with E-state index in [1.54, 1.807) is 0 Å². The van der Waals surface area contributed by atoms with Gasteiger partial charge in [0, 0.05) is 12.8 Å². The number of unbranched alkanes of at least 4 members (excludes halogenated alkanes) is 1. The van der Waals surface area contributed by atoms with Gasteiger partial charge < -0.3 is 0 Å². The molecule has 5 atom stereocenters. The maximum Gasteiger partial charge on any atom is 0.136 e. The molecule has 3 aliphatic carbocycles. The molecular weight excluding hydrogens is 304 g/mol. The smallest absolute Gasteiger partial charge is 0.136 e. The summed E-state index contributed by atoms with van der Waals surface area (Å²) in [5, 5.41) is 0. The quantitative estimate of drug-likeness (QED) is 0.481. The number of ketones is 1. The van der Waals surface area contributed by atoms with Crippen molar-refractivity contribution in [3.05, 3.63) is 23.8 Å². The van der Waals surface area contributed by atoms with Gasteiger partial charge in [0.2, 0.25) is 0 Å². The first-order valence-corrected chi connectivity index (χ1v) is 10.7. The van der Waals surface area contributed by atoms with Crippen LogP contribution in [0.5, 0.6) is 0 Å². The second-order valence-electron chi connectivity index (χ2n) is 9.87. The number of rotatable bonds is 6. The van der Waals surface area contributed by atoms with Gasteiger partial charge in [0.25, 0.3) is 0 Å². The SMILES string of the molecule is C=C(C)[C@H]1CC[C@@H]2[C@]1(C)CC[C@@H]1CC(CC(=O)CCCC)=CC[C@]12C. The summed E-state index contributed by atoms with van der Waals surface area (Å²) in [6.07, 6.45) is 13.9. The second kappa shape index (κ2) is 7.05. The number of hydrogen-bond donors (Lipinski definition) is 0. The standard InChI is InChI=1S/C24H38O/c1-6-7-8-20(25)16-18-11-13-23(4)19(15-18)12-14-24(5)21(17(2)3)9-10-22(23)24/h11,19,21-22H,2,6-10,12-16H2,1,3-5H3/t19-,21-,22+,23-,24-/m1/s1. The van der Waals surface area contributed by atoms with E-state index in [1.807, 2.05) is 0 Å². The molecule has 3 rings (SSSR count). The summed E-state index contributed by atoms with van der Waals surface area (Å²) in [6.45, 7) is 13.8. The molecule has 140 valence electrons. The lowest BCUT2D eigenvalue weighted by molar-refractivity contribution is -0.118. The normalized spacial score (nSPS) is 40.2. The molecule has 0 saturated heterocycles. The molecule has 0 spiro atoms. The highest BCUT2D eigenvalue weighted by Gasteiger charge is 2.59.